The molecule has 2 aliphatic heterocycles. The maximum Gasteiger partial charge on any atom is 0.244 e. The number of benzene rings is 1. The van der Waals surface area contributed by atoms with Crippen molar-refractivity contribution in [2.45, 2.75) is 51.5 Å². The first kappa shape index (κ1) is 23.4. The van der Waals surface area contributed by atoms with Crippen molar-refractivity contribution in [3.05, 3.63) is 29.8 Å². The van der Waals surface area contributed by atoms with Crippen molar-refractivity contribution in [2.75, 3.05) is 52.9 Å². The van der Waals surface area contributed by atoms with Gasteiger partial charge >= 0.3 is 0 Å². The highest BCUT2D eigenvalue weighted by atomic mass is 16.5. The SMILES string of the molecule is CCNC(=NCC(=O)N1CCCCC1)NCC(c1ccc(OC)cc1)N1CCCCC1. The van der Waals surface area contributed by atoms with Gasteiger partial charge in [-0.1, -0.05) is 18.6 Å². The molecule has 0 radical (unpaired) electrons. The summed E-state index contributed by atoms with van der Waals surface area (Å²) in [5.74, 6) is 1.71. The zero-order chi connectivity index (χ0) is 21.9. The number of likely N-dealkylation sites (tertiary alicyclic amines) is 2. The molecule has 2 aliphatic rings. The normalized spacial score (nSPS) is 19.0. The van der Waals surface area contributed by atoms with E-state index < -0.39 is 0 Å². The molecule has 0 spiro atoms. The Morgan fingerprint density at radius 3 is 2.26 bits per heavy atom. The summed E-state index contributed by atoms with van der Waals surface area (Å²) in [7, 11) is 1.70. The highest BCUT2D eigenvalue weighted by molar-refractivity contribution is 5.85. The van der Waals surface area contributed by atoms with Crippen LogP contribution in [-0.2, 0) is 4.79 Å². The van der Waals surface area contributed by atoms with Crippen molar-refractivity contribution >= 4 is 11.9 Å². The number of methoxy groups -OCH3 is 1. The van der Waals surface area contributed by atoms with Crippen molar-refractivity contribution in [1.29, 1.82) is 0 Å². The Hall–Kier alpha value is -2.28. The Morgan fingerprint density at radius 1 is 1.00 bits per heavy atom. The molecule has 1 unspecified atom stereocenters. The molecule has 1 aromatic rings. The van der Waals surface area contributed by atoms with E-state index in [0.717, 1.165) is 57.9 Å². The van der Waals surface area contributed by atoms with Crippen molar-refractivity contribution in [2.24, 2.45) is 4.99 Å². The summed E-state index contributed by atoms with van der Waals surface area (Å²) in [6.45, 7) is 7.72. The lowest BCUT2D eigenvalue weighted by Crippen LogP contribution is -2.45. The molecular formula is C24H39N5O2. The predicted molar refractivity (Wildman–Crippen MR) is 126 cm³/mol. The number of nitrogens with zero attached hydrogens (tertiary/aromatic N) is 3. The Kier molecular flexibility index (Phi) is 9.46. The van der Waals surface area contributed by atoms with Gasteiger partial charge in [0.15, 0.2) is 5.96 Å². The fourth-order valence-electron chi connectivity index (χ4n) is 4.44. The standard InChI is InChI=1S/C24H39N5O2/c1-3-25-24(27-19-23(30)29-16-8-5-9-17-29)26-18-22(28-14-6-4-7-15-28)20-10-12-21(31-2)13-11-20/h10-13,22H,3-9,14-19H2,1-2H3,(H2,25,26,27). The summed E-state index contributed by atoms with van der Waals surface area (Å²) in [6, 6.07) is 8.63. The fourth-order valence-corrected chi connectivity index (χ4v) is 4.44. The van der Waals surface area contributed by atoms with Crippen molar-refractivity contribution in [1.82, 2.24) is 20.4 Å². The molecule has 7 nitrogen and oxygen atoms in total. The number of aliphatic imine (C=N–C) groups is 1. The lowest BCUT2D eigenvalue weighted by molar-refractivity contribution is -0.130. The molecule has 2 saturated heterocycles. The van der Waals surface area contributed by atoms with E-state index >= 15 is 0 Å². The number of hydrogen-bond acceptors (Lipinski definition) is 4. The lowest BCUT2D eigenvalue weighted by Gasteiger charge is -2.35. The minimum absolute atomic E-state index is 0.125. The number of piperidine rings is 2. The molecule has 2 heterocycles. The van der Waals surface area contributed by atoms with Gasteiger partial charge in [0, 0.05) is 26.2 Å². The Morgan fingerprint density at radius 2 is 1.65 bits per heavy atom. The third kappa shape index (κ3) is 7.13. The van der Waals surface area contributed by atoms with Gasteiger partial charge < -0.3 is 20.3 Å². The molecule has 172 valence electrons. The van der Waals surface area contributed by atoms with E-state index in [4.69, 9.17) is 4.74 Å². The molecule has 1 aromatic carbocycles. The number of guanidine groups is 1. The molecule has 1 atom stereocenters. The first-order chi connectivity index (χ1) is 15.2. The smallest absolute Gasteiger partial charge is 0.244 e. The highest BCUT2D eigenvalue weighted by Gasteiger charge is 2.23. The number of carbonyl (C=O) groups is 1. The third-order valence-electron chi connectivity index (χ3n) is 6.22. The zero-order valence-electron chi connectivity index (χ0n) is 19.2. The topological polar surface area (TPSA) is 69.2 Å². The van der Waals surface area contributed by atoms with Crippen LogP contribution in [0.1, 0.15) is 57.1 Å². The van der Waals surface area contributed by atoms with Gasteiger partial charge in [-0.15, -0.1) is 0 Å². The van der Waals surface area contributed by atoms with Gasteiger partial charge in [-0.05, 0) is 69.8 Å². The van der Waals surface area contributed by atoms with Gasteiger partial charge in [0.1, 0.15) is 12.3 Å². The van der Waals surface area contributed by atoms with E-state index in [2.05, 4.69) is 39.6 Å². The average molecular weight is 430 g/mol. The molecule has 2 N–H and O–H groups in total. The number of ether oxygens (including phenoxy) is 1. The van der Waals surface area contributed by atoms with Crippen molar-refractivity contribution in [3.8, 4) is 5.75 Å². The van der Waals surface area contributed by atoms with Crippen LogP contribution < -0.4 is 15.4 Å². The van der Waals surface area contributed by atoms with E-state index in [1.807, 2.05) is 17.0 Å². The minimum Gasteiger partial charge on any atom is -0.497 e. The number of rotatable bonds is 8. The largest absolute Gasteiger partial charge is 0.497 e. The van der Waals surface area contributed by atoms with E-state index in [1.165, 1.54) is 31.2 Å². The van der Waals surface area contributed by atoms with E-state index in [9.17, 15) is 4.79 Å². The number of amides is 1. The van der Waals surface area contributed by atoms with Crippen LogP contribution in [-0.4, -0.2) is 74.6 Å². The molecular weight excluding hydrogens is 390 g/mol. The summed E-state index contributed by atoms with van der Waals surface area (Å²) in [6.07, 6.45) is 7.22. The number of carbonyl (C=O) groups excluding carboxylic acids is 1. The van der Waals surface area contributed by atoms with Crippen LogP contribution in [0.2, 0.25) is 0 Å². The van der Waals surface area contributed by atoms with Crippen LogP contribution in [0.3, 0.4) is 0 Å². The monoisotopic (exact) mass is 429 g/mol. The summed E-state index contributed by atoms with van der Waals surface area (Å²) in [4.78, 5) is 21.6. The van der Waals surface area contributed by atoms with Crippen LogP contribution in [0.5, 0.6) is 5.75 Å². The third-order valence-corrected chi connectivity index (χ3v) is 6.22. The first-order valence-electron chi connectivity index (χ1n) is 11.9. The Bertz CT molecular complexity index is 694. The molecule has 0 aliphatic carbocycles. The fraction of sp³-hybridized carbons (Fsp3) is 0.667. The molecule has 0 aromatic heterocycles. The maximum absolute atomic E-state index is 12.5. The minimum atomic E-state index is 0.125. The summed E-state index contributed by atoms with van der Waals surface area (Å²) < 4.78 is 5.33. The summed E-state index contributed by atoms with van der Waals surface area (Å²) in [5.41, 5.74) is 1.27. The van der Waals surface area contributed by atoms with E-state index in [1.54, 1.807) is 7.11 Å². The zero-order valence-corrected chi connectivity index (χ0v) is 19.2. The molecule has 3 rings (SSSR count). The second-order valence-electron chi connectivity index (χ2n) is 8.40. The van der Waals surface area contributed by atoms with Gasteiger partial charge in [-0.2, -0.15) is 0 Å². The van der Waals surface area contributed by atoms with Crippen LogP contribution in [0, 0.1) is 0 Å². The molecule has 2 fully saturated rings. The maximum atomic E-state index is 12.5. The molecule has 0 bridgehead atoms. The lowest BCUT2D eigenvalue weighted by atomic mass is 10.0. The summed E-state index contributed by atoms with van der Waals surface area (Å²) in [5, 5.41) is 6.80. The predicted octanol–water partition coefficient (Wildman–Crippen LogP) is 2.79. The molecule has 31 heavy (non-hydrogen) atoms. The quantitative estimate of drug-likeness (QED) is 0.491. The van der Waals surface area contributed by atoms with Gasteiger partial charge in [0.25, 0.3) is 0 Å². The van der Waals surface area contributed by atoms with Gasteiger partial charge in [-0.3, -0.25) is 9.69 Å². The highest BCUT2D eigenvalue weighted by Crippen LogP contribution is 2.25. The van der Waals surface area contributed by atoms with Crippen LogP contribution in [0.4, 0.5) is 0 Å². The van der Waals surface area contributed by atoms with Crippen molar-refractivity contribution in [3.63, 3.8) is 0 Å². The summed E-state index contributed by atoms with van der Waals surface area (Å²) >= 11 is 0. The Labute approximate surface area is 187 Å². The van der Waals surface area contributed by atoms with Gasteiger partial charge in [-0.25, -0.2) is 4.99 Å². The molecule has 7 heteroatoms. The van der Waals surface area contributed by atoms with E-state index in [-0.39, 0.29) is 18.5 Å². The van der Waals surface area contributed by atoms with Gasteiger partial charge in [0.2, 0.25) is 5.91 Å². The first-order valence-corrected chi connectivity index (χ1v) is 11.9. The van der Waals surface area contributed by atoms with Crippen molar-refractivity contribution < 1.29 is 9.53 Å². The molecule has 1 amide bonds. The number of nitrogens with one attached hydrogen (secondary N) is 2. The Balaban J connectivity index is 1.65. The van der Waals surface area contributed by atoms with E-state index in [0.29, 0.717) is 5.96 Å². The van der Waals surface area contributed by atoms with Gasteiger partial charge in [0.05, 0.1) is 13.2 Å². The van der Waals surface area contributed by atoms with Crippen LogP contribution >= 0.6 is 0 Å². The van der Waals surface area contributed by atoms with Crippen LogP contribution in [0.25, 0.3) is 0 Å². The molecule has 0 saturated carbocycles. The average Bonchev–Trinajstić information content (AvgIpc) is 2.84. The number of hydrogen-bond donors (Lipinski definition) is 2. The van der Waals surface area contributed by atoms with Crippen LogP contribution in [0.15, 0.2) is 29.3 Å². The second-order valence-corrected chi connectivity index (χ2v) is 8.40. The second kappa shape index (κ2) is 12.5.